The number of benzene rings is 2. The van der Waals surface area contributed by atoms with E-state index in [4.69, 9.17) is 4.52 Å². The molecule has 1 aliphatic heterocycles. The number of hydrogen-bond donors (Lipinski definition) is 0. The summed E-state index contributed by atoms with van der Waals surface area (Å²) in [5.74, 6) is -0.736. The maximum Gasteiger partial charge on any atom is 0.260 e. The minimum atomic E-state index is -0.451. The Hall–Kier alpha value is -3.09. The summed E-state index contributed by atoms with van der Waals surface area (Å²) in [5.41, 5.74) is 0.840. The van der Waals surface area contributed by atoms with Crippen LogP contribution < -0.4 is 4.90 Å². The molecule has 1 unspecified atom stereocenters. The van der Waals surface area contributed by atoms with Crippen LogP contribution in [0.25, 0.3) is 11.5 Å². The first-order valence-corrected chi connectivity index (χ1v) is 7.76. The first kappa shape index (κ1) is 15.4. The van der Waals surface area contributed by atoms with Gasteiger partial charge in [-0.05, 0) is 36.4 Å². The van der Waals surface area contributed by atoms with Gasteiger partial charge in [-0.1, -0.05) is 17.3 Å². The zero-order valence-electron chi connectivity index (χ0n) is 13.0. The van der Waals surface area contributed by atoms with Crippen molar-refractivity contribution in [2.24, 2.45) is 0 Å². The van der Waals surface area contributed by atoms with Gasteiger partial charge in [-0.2, -0.15) is 4.98 Å². The van der Waals surface area contributed by atoms with Gasteiger partial charge < -0.3 is 9.42 Å². The Morgan fingerprint density at radius 3 is 2.60 bits per heavy atom. The van der Waals surface area contributed by atoms with E-state index >= 15 is 0 Å². The lowest BCUT2D eigenvalue weighted by Crippen LogP contribution is -2.24. The summed E-state index contributed by atoms with van der Waals surface area (Å²) in [6, 6.07) is 11.8. The SMILES string of the molecule is O=C1CC(c2noc(-c3ccccc3F)n2)CN1c1ccc(F)cc1. The van der Waals surface area contributed by atoms with Crippen LogP contribution in [0.5, 0.6) is 0 Å². The highest BCUT2D eigenvalue weighted by molar-refractivity contribution is 5.96. The Morgan fingerprint density at radius 1 is 1.08 bits per heavy atom. The number of rotatable bonds is 3. The molecule has 0 saturated carbocycles. The van der Waals surface area contributed by atoms with E-state index in [1.54, 1.807) is 35.2 Å². The fraction of sp³-hybridized carbons (Fsp3) is 0.167. The van der Waals surface area contributed by atoms with Crippen LogP contribution in [0, 0.1) is 11.6 Å². The standard InChI is InChI=1S/C18H13F2N3O2/c19-12-5-7-13(8-6-12)23-10-11(9-16(23)24)17-21-18(25-22-17)14-3-1-2-4-15(14)20/h1-8,11H,9-10H2. The van der Waals surface area contributed by atoms with E-state index in [0.29, 0.717) is 18.1 Å². The van der Waals surface area contributed by atoms with Gasteiger partial charge in [0.2, 0.25) is 5.91 Å². The first-order chi connectivity index (χ1) is 12.1. The summed E-state index contributed by atoms with van der Waals surface area (Å²) in [6.07, 6.45) is 0.216. The highest BCUT2D eigenvalue weighted by atomic mass is 19.1. The Morgan fingerprint density at radius 2 is 1.84 bits per heavy atom. The quantitative estimate of drug-likeness (QED) is 0.731. The van der Waals surface area contributed by atoms with E-state index in [9.17, 15) is 13.6 Å². The third-order valence-electron chi connectivity index (χ3n) is 4.17. The fourth-order valence-corrected chi connectivity index (χ4v) is 2.90. The first-order valence-electron chi connectivity index (χ1n) is 7.76. The predicted octanol–water partition coefficient (Wildman–Crippen LogP) is 3.54. The number of nitrogens with zero attached hydrogens (tertiary/aromatic N) is 3. The van der Waals surface area contributed by atoms with Crippen molar-refractivity contribution < 1.29 is 18.1 Å². The summed E-state index contributed by atoms with van der Waals surface area (Å²) in [6.45, 7) is 0.362. The Labute approximate surface area is 141 Å². The molecule has 0 aliphatic carbocycles. The molecule has 1 amide bonds. The minimum absolute atomic E-state index is 0.0841. The topological polar surface area (TPSA) is 59.2 Å². The van der Waals surface area contributed by atoms with Crippen molar-refractivity contribution in [3.63, 3.8) is 0 Å². The molecule has 1 saturated heterocycles. The van der Waals surface area contributed by atoms with Gasteiger partial charge in [0.15, 0.2) is 5.82 Å². The molecular formula is C18H13F2N3O2. The molecule has 7 heteroatoms. The van der Waals surface area contributed by atoms with Gasteiger partial charge in [0, 0.05) is 24.6 Å². The number of carbonyl (C=O) groups excluding carboxylic acids is 1. The second kappa shape index (κ2) is 6.08. The zero-order chi connectivity index (χ0) is 17.4. The Balaban J connectivity index is 1.57. The average molecular weight is 341 g/mol. The van der Waals surface area contributed by atoms with Gasteiger partial charge in [0.1, 0.15) is 11.6 Å². The fourth-order valence-electron chi connectivity index (χ4n) is 2.90. The second-order valence-electron chi connectivity index (χ2n) is 5.82. The summed E-state index contributed by atoms with van der Waals surface area (Å²) >= 11 is 0. The van der Waals surface area contributed by atoms with E-state index < -0.39 is 5.82 Å². The van der Waals surface area contributed by atoms with Crippen molar-refractivity contribution in [3.05, 3.63) is 66.0 Å². The van der Waals surface area contributed by atoms with Crippen LogP contribution in [-0.2, 0) is 4.79 Å². The molecule has 126 valence electrons. The summed E-state index contributed by atoms with van der Waals surface area (Å²) in [5, 5.41) is 3.90. The third-order valence-corrected chi connectivity index (χ3v) is 4.17. The minimum Gasteiger partial charge on any atom is -0.334 e. The van der Waals surface area contributed by atoms with Crippen molar-refractivity contribution in [2.45, 2.75) is 12.3 Å². The maximum atomic E-state index is 13.8. The number of carbonyl (C=O) groups is 1. The van der Waals surface area contributed by atoms with Crippen LogP contribution in [0.2, 0.25) is 0 Å². The lowest BCUT2D eigenvalue weighted by Gasteiger charge is -2.15. The largest absolute Gasteiger partial charge is 0.334 e. The molecule has 0 spiro atoms. The predicted molar refractivity (Wildman–Crippen MR) is 85.8 cm³/mol. The van der Waals surface area contributed by atoms with Crippen LogP contribution in [0.15, 0.2) is 53.1 Å². The molecule has 2 heterocycles. The number of hydrogen-bond acceptors (Lipinski definition) is 4. The van der Waals surface area contributed by atoms with Gasteiger partial charge in [0.25, 0.3) is 5.89 Å². The maximum absolute atomic E-state index is 13.8. The van der Waals surface area contributed by atoms with Crippen LogP contribution in [-0.4, -0.2) is 22.6 Å². The molecular weight excluding hydrogens is 328 g/mol. The van der Waals surface area contributed by atoms with Gasteiger partial charge >= 0.3 is 0 Å². The van der Waals surface area contributed by atoms with Crippen molar-refractivity contribution >= 4 is 11.6 Å². The molecule has 4 rings (SSSR count). The molecule has 1 aromatic heterocycles. The smallest absolute Gasteiger partial charge is 0.260 e. The summed E-state index contributed by atoms with van der Waals surface area (Å²) in [7, 11) is 0. The van der Waals surface area contributed by atoms with E-state index in [0.717, 1.165) is 0 Å². The monoisotopic (exact) mass is 341 g/mol. The molecule has 0 radical (unpaired) electrons. The van der Waals surface area contributed by atoms with Gasteiger partial charge in [-0.15, -0.1) is 0 Å². The molecule has 3 aromatic rings. The Kier molecular flexibility index (Phi) is 3.76. The lowest BCUT2D eigenvalue weighted by molar-refractivity contribution is -0.117. The van der Waals surface area contributed by atoms with Crippen LogP contribution >= 0.6 is 0 Å². The second-order valence-corrected chi connectivity index (χ2v) is 5.82. The molecule has 25 heavy (non-hydrogen) atoms. The zero-order valence-corrected chi connectivity index (χ0v) is 13.0. The van der Waals surface area contributed by atoms with E-state index in [1.165, 1.54) is 18.2 Å². The van der Waals surface area contributed by atoms with Gasteiger partial charge in [0.05, 0.1) is 5.56 Å². The van der Waals surface area contributed by atoms with Crippen molar-refractivity contribution in [2.75, 3.05) is 11.4 Å². The van der Waals surface area contributed by atoms with Crippen molar-refractivity contribution in [1.82, 2.24) is 10.1 Å². The molecule has 2 aromatic carbocycles. The highest BCUT2D eigenvalue weighted by Crippen LogP contribution is 2.31. The van der Waals surface area contributed by atoms with Gasteiger partial charge in [-0.25, -0.2) is 8.78 Å². The van der Waals surface area contributed by atoms with Crippen molar-refractivity contribution in [1.29, 1.82) is 0 Å². The van der Waals surface area contributed by atoms with Crippen LogP contribution in [0.1, 0.15) is 18.2 Å². The highest BCUT2D eigenvalue weighted by Gasteiger charge is 2.34. The molecule has 5 nitrogen and oxygen atoms in total. The number of halogens is 2. The average Bonchev–Trinajstić information content (AvgIpc) is 3.23. The van der Waals surface area contributed by atoms with E-state index in [1.807, 2.05) is 0 Å². The number of amides is 1. The molecule has 0 bridgehead atoms. The number of anilines is 1. The molecule has 1 atom stereocenters. The third kappa shape index (κ3) is 2.88. The molecule has 1 fully saturated rings. The molecule has 1 aliphatic rings. The van der Waals surface area contributed by atoms with E-state index in [-0.39, 0.29) is 35.5 Å². The molecule has 0 N–H and O–H groups in total. The lowest BCUT2D eigenvalue weighted by atomic mass is 10.1. The van der Waals surface area contributed by atoms with Gasteiger partial charge in [-0.3, -0.25) is 4.79 Å². The van der Waals surface area contributed by atoms with Crippen LogP contribution in [0.4, 0.5) is 14.5 Å². The summed E-state index contributed by atoms with van der Waals surface area (Å²) in [4.78, 5) is 18.1. The van der Waals surface area contributed by atoms with Crippen LogP contribution in [0.3, 0.4) is 0 Å². The summed E-state index contributed by atoms with van der Waals surface area (Å²) < 4.78 is 32.0. The van der Waals surface area contributed by atoms with E-state index in [2.05, 4.69) is 10.1 Å². The normalized spacial score (nSPS) is 17.3. The Bertz CT molecular complexity index is 924. The number of aromatic nitrogens is 2. The van der Waals surface area contributed by atoms with Crippen molar-refractivity contribution in [3.8, 4) is 11.5 Å².